The van der Waals surface area contributed by atoms with Crippen molar-refractivity contribution >= 4 is 18.0 Å². The fourth-order valence-corrected chi connectivity index (χ4v) is 5.17. The third-order valence-electron chi connectivity index (χ3n) is 7.39. The van der Waals surface area contributed by atoms with Crippen molar-refractivity contribution in [2.75, 3.05) is 7.05 Å². The molecule has 1 aliphatic carbocycles. The van der Waals surface area contributed by atoms with Crippen molar-refractivity contribution in [1.29, 1.82) is 0 Å². The first-order valence-electron chi connectivity index (χ1n) is 13.1. The van der Waals surface area contributed by atoms with E-state index in [9.17, 15) is 14.4 Å². The third kappa shape index (κ3) is 7.13. The summed E-state index contributed by atoms with van der Waals surface area (Å²) in [6, 6.07) is 15.5. The molecule has 0 unspecified atom stereocenters. The first-order chi connectivity index (χ1) is 17.3. The lowest BCUT2D eigenvalue weighted by molar-refractivity contribution is -0.127. The van der Waals surface area contributed by atoms with Crippen molar-refractivity contribution in [1.82, 2.24) is 4.90 Å². The number of carbonyl (C=O) groups is 3. The summed E-state index contributed by atoms with van der Waals surface area (Å²) < 4.78 is 0. The molecule has 1 saturated carbocycles. The number of ketones is 1. The normalized spacial score (nSPS) is 17.6. The molecule has 0 atom stereocenters. The van der Waals surface area contributed by atoms with Crippen molar-refractivity contribution < 1.29 is 14.4 Å². The summed E-state index contributed by atoms with van der Waals surface area (Å²) in [6.45, 7) is 7.77. The van der Waals surface area contributed by atoms with Crippen LogP contribution >= 0.6 is 0 Å². The maximum atomic E-state index is 12.7. The van der Waals surface area contributed by atoms with Crippen LogP contribution in [-0.2, 0) is 28.9 Å². The van der Waals surface area contributed by atoms with Gasteiger partial charge in [-0.1, -0.05) is 56.3 Å². The van der Waals surface area contributed by atoms with Gasteiger partial charge in [-0.3, -0.25) is 14.4 Å². The van der Waals surface area contributed by atoms with Crippen molar-refractivity contribution in [2.45, 2.75) is 77.2 Å². The predicted octanol–water partition coefficient (Wildman–Crippen LogP) is 6.42. The lowest BCUT2D eigenvalue weighted by Gasteiger charge is -2.34. The van der Waals surface area contributed by atoms with Crippen LogP contribution in [0.4, 0.5) is 0 Å². The second kappa shape index (κ2) is 13.2. The Morgan fingerprint density at radius 3 is 2.22 bits per heavy atom. The Labute approximate surface area is 216 Å². The van der Waals surface area contributed by atoms with Gasteiger partial charge in [0.15, 0.2) is 5.78 Å². The molecule has 0 heterocycles. The number of aryl methyl sites for hydroxylation is 3. The van der Waals surface area contributed by atoms with E-state index < -0.39 is 0 Å². The number of hydrogen-bond donors (Lipinski definition) is 0. The summed E-state index contributed by atoms with van der Waals surface area (Å²) in [5, 5.41) is 0. The van der Waals surface area contributed by atoms with E-state index in [2.05, 4.69) is 56.0 Å². The molecule has 0 N–H and O–H groups in total. The van der Waals surface area contributed by atoms with E-state index >= 15 is 0 Å². The number of allylic oxidation sites excluding steroid dienone is 2. The van der Waals surface area contributed by atoms with Gasteiger partial charge < -0.3 is 4.90 Å². The number of carbonyl (C=O) groups excluding carboxylic acids is 3. The van der Waals surface area contributed by atoms with Gasteiger partial charge in [0.05, 0.1) is 0 Å². The van der Waals surface area contributed by atoms with Crippen LogP contribution in [0.2, 0.25) is 0 Å². The first kappa shape index (κ1) is 27.3. The molecule has 4 heteroatoms. The van der Waals surface area contributed by atoms with Crippen LogP contribution in [0.1, 0.15) is 84.5 Å². The number of Topliss-reactive ketones (excluding diaryl/α,β-unsaturated/α-hetero) is 1. The molecule has 36 heavy (non-hydrogen) atoms. The number of amides is 1. The fourth-order valence-electron chi connectivity index (χ4n) is 5.17. The lowest BCUT2D eigenvalue weighted by atomic mass is 9.81. The summed E-state index contributed by atoms with van der Waals surface area (Å²) in [5.41, 5.74) is 6.35. The zero-order valence-electron chi connectivity index (χ0n) is 22.0. The molecule has 0 aromatic heterocycles. The van der Waals surface area contributed by atoms with Gasteiger partial charge in [-0.15, -0.1) is 0 Å². The van der Waals surface area contributed by atoms with E-state index in [-0.39, 0.29) is 17.7 Å². The molecule has 190 valence electrons. The summed E-state index contributed by atoms with van der Waals surface area (Å²) in [5.74, 6) is 0.463. The summed E-state index contributed by atoms with van der Waals surface area (Å²) >= 11 is 0. The van der Waals surface area contributed by atoms with Gasteiger partial charge in [0.1, 0.15) is 6.29 Å². The Balaban J connectivity index is 1.57. The van der Waals surface area contributed by atoms with Gasteiger partial charge in [-0.25, -0.2) is 0 Å². The minimum atomic E-state index is -0.106. The second-order valence-corrected chi connectivity index (χ2v) is 10.0. The average molecular weight is 486 g/mol. The smallest absolute Gasteiger partial charge is 0.246 e. The Morgan fingerprint density at radius 1 is 0.972 bits per heavy atom. The highest BCUT2D eigenvalue weighted by atomic mass is 16.2. The molecular formula is C32H39NO3. The highest BCUT2D eigenvalue weighted by Crippen LogP contribution is 2.34. The molecule has 0 aliphatic heterocycles. The lowest BCUT2D eigenvalue weighted by Crippen LogP contribution is -2.38. The van der Waals surface area contributed by atoms with Gasteiger partial charge in [0.25, 0.3) is 0 Å². The maximum absolute atomic E-state index is 12.7. The molecule has 0 saturated heterocycles. The molecule has 2 aromatic carbocycles. The predicted molar refractivity (Wildman–Crippen MR) is 146 cm³/mol. The molecule has 1 fully saturated rings. The van der Waals surface area contributed by atoms with E-state index in [0.717, 1.165) is 62.5 Å². The monoisotopic (exact) mass is 485 g/mol. The number of aldehydes is 1. The zero-order chi connectivity index (χ0) is 26.1. The van der Waals surface area contributed by atoms with Crippen LogP contribution in [0.25, 0.3) is 0 Å². The molecule has 2 aromatic rings. The molecular weight excluding hydrogens is 446 g/mol. The van der Waals surface area contributed by atoms with E-state index in [1.165, 1.54) is 28.8 Å². The van der Waals surface area contributed by atoms with Gasteiger partial charge in [0.2, 0.25) is 5.91 Å². The number of benzene rings is 2. The fraction of sp³-hybridized carbons (Fsp3) is 0.406. The highest BCUT2D eigenvalue weighted by Gasteiger charge is 2.26. The van der Waals surface area contributed by atoms with E-state index in [1.807, 2.05) is 7.05 Å². The van der Waals surface area contributed by atoms with Gasteiger partial charge in [-0.2, -0.15) is 0 Å². The minimum Gasteiger partial charge on any atom is -0.339 e. The van der Waals surface area contributed by atoms with E-state index in [1.54, 1.807) is 11.8 Å². The Bertz CT molecular complexity index is 1100. The van der Waals surface area contributed by atoms with Crippen molar-refractivity contribution in [3.63, 3.8) is 0 Å². The summed E-state index contributed by atoms with van der Waals surface area (Å²) in [7, 11) is 1.83. The maximum Gasteiger partial charge on any atom is 0.246 e. The number of nitrogens with zero attached hydrogens (tertiary/aromatic N) is 1. The van der Waals surface area contributed by atoms with Crippen LogP contribution in [0.5, 0.6) is 0 Å². The van der Waals surface area contributed by atoms with Crippen LogP contribution in [-0.4, -0.2) is 36.0 Å². The largest absolute Gasteiger partial charge is 0.339 e. The van der Waals surface area contributed by atoms with Crippen molar-refractivity contribution in [2.24, 2.45) is 0 Å². The molecule has 0 radical (unpaired) electrons. The first-order valence-corrected chi connectivity index (χ1v) is 13.1. The van der Waals surface area contributed by atoms with Gasteiger partial charge in [-0.05, 0) is 97.8 Å². The average Bonchev–Trinajstić information content (AvgIpc) is 2.90. The molecule has 0 bridgehead atoms. The number of likely N-dealkylation sites (N-methyl/N-ethyl adjacent to an activating group) is 1. The topological polar surface area (TPSA) is 54.5 Å². The Kier molecular flexibility index (Phi) is 9.98. The van der Waals surface area contributed by atoms with E-state index in [4.69, 9.17) is 0 Å². The molecule has 0 spiro atoms. The molecule has 3 rings (SSSR count). The van der Waals surface area contributed by atoms with Crippen LogP contribution in [0.15, 0.2) is 66.8 Å². The summed E-state index contributed by atoms with van der Waals surface area (Å²) in [4.78, 5) is 37.0. The van der Waals surface area contributed by atoms with Gasteiger partial charge in [0, 0.05) is 24.7 Å². The standard InChI is InChI=1S/C32H39NO3/c1-5-7-28-16-13-25(22-30(28)32(36)23(2)3)10-9-24-11-14-26(15-12-24)27-17-19-29(20-18-27)33(4)31(35)8-6-21-34/h6,8,11-16,21-22,27,29H,2,5,7,9-10,17-20H2,1,3-4H3/b8-6-. The Hall–Kier alpha value is -3.27. The van der Waals surface area contributed by atoms with Crippen molar-refractivity contribution in [3.05, 3.63) is 94.6 Å². The zero-order valence-corrected chi connectivity index (χ0v) is 22.0. The molecule has 1 aliphatic rings. The minimum absolute atomic E-state index is 0.0485. The summed E-state index contributed by atoms with van der Waals surface area (Å²) in [6.07, 6.45) is 11.0. The number of hydrogen-bond acceptors (Lipinski definition) is 3. The van der Waals surface area contributed by atoms with Gasteiger partial charge >= 0.3 is 0 Å². The van der Waals surface area contributed by atoms with Crippen LogP contribution < -0.4 is 0 Å². The van der Waals surface area contributed by atoms with Crippen molar-refractivity contribution in [3.8, 4) is 0 Å². The number of rotatable bonds is 11. The highest BCUT2D eigenvalue weighted by molar-refractivity contribution is 6.09. The van der Waals surface area contributed by atoms with Crippen LogP contribution in [0.3, 0.4) is 0 Å². The Morgan fingerprint density at radius 2 is 1.61 bits per heavy atom. The quantitative estimate of drug-likeness (QED) is 0.210. The SMILES string of the molecule is C=C(C)C(=O)c1cc(CCc2ccc(C3CCC(N(C)C(=O)/C=C\C=O)CC3)cc2)ccc1CCC. The van der Waals surface area contributed by atoms with E-state index in [0.29, 0.717) is 17.8 Å². The molecule has 4 nitrogen and oxygen atoms in total. The third-order valence-corrected chi connectivity index (χ3v) is 7.39. The second-order valence-electron chi connectivity index (χ2n) is 10.0. The van der Waals surface area contributed by atoms with Crippen LogP contribution in [0, 0.1) is 0 Å². The molecule has 1 amide bonds.